The molecule has 0 bridgehead atoms. The lowest BCUT2D eigenvalue weighted by molar-refractivity contribution is 0.340. The number of rotatable bonds is 8. The Balaban J connectivity index is 1.74. The lowest BCUT2D eigenvalue weighted by Gasteiger charge is -2.12. The molecule has 1 heterocycles. The summed E-state index contributed by atoms with van der Waals surface area (Å²) in [6, 6.07) is 13.0. The highest BCUT2D eigenvalue weighted by Gasteiger charge is 2.08. The summed E-state index contributed by atoms with van der Waals surface area (Å²) >= 11 is 0. The SMILES string of the molecule is CCOc1ccc(Nc2cnnc(Nc3ccc(OC)cc3OC)n2)cc1. The summed E-state index contributed by atoms with van der Waals surface area (Å²) in [5, 5.41) is 14.3. The minimum atomic E-state index is 0.342. The molecule has 1 aromatic heterocycles. The van der Waals surface area contributed by atoms with Crippen molar-refractivity contribution < 1.29 is 14.2 Å². The smallest absolute Gasteiger partial charge is 0.249 e. The van der Waals surface area contributed by atoms with Gasteiger partial charge in [-0.05, 0) is 43.3 Å². The minimum absolute atomic E-state index is 0.342. The van der Waals surface area contributed by atoms with E-state index in [-0.39, 0.29) is 0 Å². The zero-order chi connectivity index (χ0) is 19.1. The summed E-state index contributed by atoms with van der Waals surface area (Å²) in [6.07, 6.45) is 1.55. The molecule has 8 nitrogen and oxygen atoms in total. The second-order valence-corrected chi connectivity index (χ2v) is 5.44. The lowest BCUT2D eigenvalue weighted by atomic mass is 10.2. The van der Waals surface area contributed by atoms with Crippen LogP contribution in [-0.2, 0) is 0 Å². The van der Waals surface area contributed by atoms with Gasteiger partial charge in [-0.1, -0.05) is 0 Å². The van der Waals surface area contributed by atoms with Crippen molar-refractivity contribution in [3.63, 3.8) is 0 Å². The Morgan fingerprint density at radius 3 is 2.41 bits per heavy atom. The maximum Gasteiger partial charge on any atom is 0.249 e. The predicted octanol–water partition coefficient (Wildman–Crippen LogP) is 3.77. The average Bonchev–Trinajstić information content (AvgIpc) is 2.70. The van der Waals surface area contributed by atoms with Crippen molar-refractivity contribution in [3.8, 4) is 17.2 Å². The molecule has 0 aliphatic rings. The van der Waals surface area contributed by atoms with Gasteiger partial charge < -0.3 is 24.8 Å². The number of ether oxygens (including phenoxy) is 3. The molecule has 27 heavy (non-hydrogen) atoms. The summed E-state index contributed by atoms with van der Waals surface area (Å²) < 4.78 is 16.0. The molecule has 0 radical (unpaired) electrons. The van der Waals surface area contributed by atoms with Gasteiger partial charge in [0.2, 0.25) is 5.95 Å². The Morgan fingerprint density at radius 1 is 0.926 bits per heavy atom. The summed E-state index contributed by atoms with van der Waals surface area (Å²) in [5.74, 6) is 3.03. The van der Waals surface area contributed by atoms with Crippen LogP contribution in [-0.4, -0.2) is 36.0 Å². The third kappa shape index (κ3) is 4.75. The van der Waals surface area contributed by atoms with E-state index in [4.69, 9.17) is 14.2 Å². The van der Waals surface area contributed by atoms with Crippen LogP contribution in [0.3, 0.4) is 0 Å². The minimum Gasteiger partial charge on any atom is -0.497 e. The van der Waals surface area contributed by atoms with Gasteiger partial charge in [-0.2, -0.15) is 10.1 Å². The predicted molar refractivity (Wildman–Crippen MR) is 104 cm³/mol. The molecule has 0 unspecified atom stereocenters. The van der Waals surface area contributed by atoms with Crippen molar-refractivity contribution >= 4 is 23.1 Å². The molecule has 2 N–H and O–H groups in total. The molecule has 0 aliphatic carbocycles. The van der Waals surface area contributed by atoms with Gasteiger partial charge in [0.1, 0.15) is 17.2 Å². The molecular weight excluding hydrogens is 346 g/mol. The molecular formula is C19H21N5O3. The highest BCUT2D eigenvalue weighted by Crippen LogP contribution is 2.30. The third-order valence-electron chi connectivity index (χ3n) is 3.65. The van der Waals surface area contributed by atoms with Gasteiger partial charge >= 0.3 is 0 Å². The molecule has 2 aromatic carbocycles. The fourth-order valence-corrected chi connectivity index (χ4v) is 2.39. The number of aromatic nitrogens is 3. The van der Waals surface area contributed by atoms with Crippen LogP contribution in [0.2, 0.25) is 0 Å². The van der Waals surface area contributed by atoms with E-state index in [1.54, 1.807) is 26.5 Å². The Kier molecular flexibility index (Phi) is 5.88. The average molecular weight is 367 g/mol. The summed E-state index contributed by atoms with van der Waals surface area (Å²) in [6.45, 7) is 2.58. The Hall–Kier alpha value is -3.55. The fourth-order valence-electron chi connectivity index (χ4n) is 2.39. The number of hydrogen-bond acceptors (Lipinski definition) is 8. The first-order valence-corrected chi connectivity index (χ1v) is 8.40. The van der Waals surface area contributed by atoms with E-state index in [0.717, 1.165) is 11.4 Å². The van der Waals surface area contributed by atoms with Crippen LogP contribution >= 0.6 is 0 Å². The number of anilines is 4. The molecule has 8 heteroatoms. The largest absolute Gasteiger partial charge is 0.497 e. The third-order valence-corrected chi connectivity index (χ3v) is 3.65. The number of hydrogen-bond donors (Lipinski definition) is 2. The fraction of sp³-hybridized carbons (Fsp3) is 0.211. The van der Waals surface area contributed by atoms with Crippen LogP contribution < -0.4 is 24.8 Å². The van der Waals surface area contributed by atoms with E-state index < -0.39 is 0 Å². The molecule has 3 rings (SSSR count). The first-order chi connectivity index (χ1) is 13.2. The molecule has 140 valence electrons. The standard InChI is InChI=1S/C19H21N5O3/c1-4-27-14-7-5-13(6-8-14)21-18-12-20-24-19(23-18)22-16-10-9-15(25-2)11-17(16)26-3/h5-12H,4H2,1-3H3,(H2,21,22,23,24). The summed E-state index contributed by atoms with van der Waals surface area (Å²) in [4.78, 5) is 4.43. The number of benzene rings is 2. The molecule has 0 amide bonds. The van der Waals surface area contributed by atoms with Crippen molar-refractivity contribution in [1.82, 2.24) is 15.2 Å². The molecule has 0 spiro atoms. The van der Waals surface area contributed by atoms with Gasteiger partial charge in [0.25, 0.3) is 0 Å². The highest BCUT2D eigenvalue weighted by molar-refractivity contribution is 5.65. The van der Waals surface area contributed by atoms with E-state index in [1.807, 2.05) is 43.3 Å². The number of nitrogens with one attached hydrogen (secondary N) is 2. The molecule has 3 aromatic rings. The molecule has 0 atom stereocenters. The monoisotopic (exact) mass is 367 g/mol. The van der Waals surface area contributed by atoms with Crippen LogP contribution in [0, 0.1) is 0 Å². The maximum atomic E-state index is 5.44. The summed E-state index contributed by atoms with van der Waals surface area (Å²) in [5.41, 5.74) is 1.57. The van der Waals surface area contributed by atoms with Gasteiger partial charge in [0.15, 0.2) is 5.82 Å². The van der Waals surface area contributed by atoms with Crippen molar-refractivity contribution in [1.29, 1.82) is 0 Å². The van der Waals surface area contributed by atoms with Gasteiger partial charge in [-0.25, -0.2) is 0 Å². The van der Waals surface area contributed by atoms with Crippen molar-refractivity contribution in [3.05, 3.63) is 48.7 Å². The first-order valence-electron chi connectivity index (χ1n) is 8.40. The lowest BCUT2D eigenvalue weighted by Crippen LogP contribution is -2.03. The van der Waals surface area contributed by atoms with Gasteiger partial charge in [-0.3, -0.25) is 0 Å². The highest BCUT2D eigenvalue weighted by atomic mass is 16.5. The quantitative estimate of drug-likeness (QED) is 0.622. The Bertz CT molecular complexity index is 887. The van der Waals surface area contributed by atoms with E-state index in [0.29, 0.717) is 35.6 Å². The maximum absolute atomic E-state index is 5.44. The molecule has 0 fully saturated rings. The molecule has 0 aliphatic heterocycles. The first kappa shape index (κ1) is 18.2. The van der Waals surface area contributed by atoms with Crippen LogP contribution in [0.15, 0.2) is 48.7 Å². The second kappa shape index (κ2) is 8.70. The van der Waals surface area contributed by atoms with Crippen molar-refractivity contribution in [2.45, 2.75) is 6.92 Å². The number of nitrogens with zero attached hydrogens (tertiary/aromatic N) is 3. The van der Waals surface area contributed by atoms with Crippen LogP contribution in [0.5, 0.6) is 17.2 Å². The molecule has 0 saturated heterocycles. The van der Waals surface area contributed by atoms with E-state index in [9.17, 15) is 0 Å². The van der Waals surface area contributed by atoms with E-state index in [2.05, 4.69) is 25.8 Å². The van der Waals surface area contributed by atoms with Gasteiger partial charge in [0.05, 0.1) is 32.7 Å². The normalized spacial score (nSPS) is 10.2. The van der Waals surface area contributed by atoms with Crippen LogP contribution in [0.1, 0.15) is 6.92 Å². The topological polar surface area (TPSA) is 90.4 Å². The Morgan fingerprint density at radius 2 is 1.70 bits per heavy atom. The van der Waals surface area contributed by atoms with E-state index >= 15 is 0 Å². The van der Waals surface area contributed by atoms with Crippen molar-refractivity contribution in [2.24, 2.45) is 0 Å². The second-order valence-electron chi connectivity index (χ2n) is 5.44. The van der Waals surface area contributed by atoms with Crippen molar-refractivity contribution in [2.75, 3.05) is 31.5 Å². The zero-order valence-corrected chi connectivity index (χ0v) is 15.4. The Labute approximate surface area is 157 Å². The van der Waals surface area contributed by atoms with Gasteiger partial charge in [0, 0.05) is 11.8 Å². The summed E-state index contributed by atoms with van der Waals surface area (Å²) in [7, 11) is 3.19. The van der Waals surface area contributed by atoms with E-state index in [1.165, 1.54) is 0 Å². The van der Waals surface area contributed by atoms with Crippen LogP contribution in [0.25, 0.3) is 0 Å². The van der Waals surface area contributed by atoms with Crippen LogP contribution in [0.4, 0.5) is 23.1 Å². The zero-order valence-electron chi connectivity index (χ0n) is 15.4. The van der Waals surface area contributed by atoms with Gasteiger partial charge in [-0.15, -0.1) is 5.10 Å². The number of methoxy groups -OCH3 is 2. The molecule has 0 saturated carbocycles.